The number of nitrogens with one attached hydrogen (secondary N) is 1. The number of methoxy groups -OCH3 is 1. The lowest BCUT2D eigenvalue weighted by Crippen LogP contribution is -2.17. The fraction of sp³-hybridized carbons (Fsp3) is 0.385. The van der Waals surface area contributed by atoms with Crippen LogP contribution in [0.5, 0.6) is 5.75 Å². The maximum Gasteiger partial charge on any atom is 0.341 e. The number of rotatable bonds is 10. The minimum Gasteiger partial charge on any atom is -0.482 e. The quantitative estimate of drug-likeness (QED) is 0.216. The topological polar surface area (TPSA) is 95.3 Å². The standard InChI is InChI=1S/C26H30N4O4S2/c1-5-14-30-23(17(3)34-19-12-8-6-10-16(19)2)28-29-26(30)35-15-21(31)27-24-22(25(32)33-4)18-11-7-9-13-20(18)36-24/h5-6,8,10,12,17H,1,7,9,11,13-15H2,2-4H3,(H,27,31). The fourth-order valence-electron chi connectivity index (χ4n) is 4.20. The number of fused-ring (bicyclic) bond motifs is 1. The fourth-order valence-corrected chi connectivity index (χ4v) is 6.25. The van der Waals surface area contributed by atoms with Gasteiger partial charge in [-0.1, -0.05) is 36.0 Å². The number of aryl methyl sites for hydroxylation is 2. The first-order valence-electron chi connectivity index (χ1n) is 11.8. The number of thiophene rings is 1. The number of aromatic nitrogens is 3. The number of amides is 1. The second-order valence-corrected chi connectivity index (χ2v) is 10.6. The van der Waals surface area contributed by atoms with Crippen LogP contribution in [0.4, 0.5) is 5.00 Å². The van der Waals surface area contributed by atoms with Gasteiger partial charge in [-0.05, 0) is 56.7 Å². The molecule has 2 heterocycles. The second-order valence-electron chi connectivity index (χ2n) is 8.51. The van der Waals surface area contributed by atoms with Crippen LogP contribution in [-0.4, -0.2) is 39.5 Å². The molecule has 8 nitrogen and oxygen atoms in total. The van der Waals surface area contributed by atoms with Gasteiger partial charge in [-0.15, -0.1) is 28.1 Å². The highest BCUT2D eigenvalue weighted by Crippen LogP contribution is 2.38. The van der Waals surface area contributed by atoms with Crippen LogP contribution in [0.25, 0.3) is 0 Å². The van der Waals surface area contributed by atoms with E-state index in [4.69, 9.17) is 9.47 Å². The van der Waals surface area contributed by atoms with Gasteiger partial charge in [-0.2, -0.15) is 0 Å². The maximum atomic E-state index is 12.9. The number of thioether (sulfide) groups is 1. The number of para-hydroxylation sites is 1. The number of ether oxygens (including phenoxy) is 2. The van der Waals surface area contributed by atoms with E-state index >= 15 is 0 Å². The summed E-state index contributed by atoms with van der Waals surface area (Å²) < 4.78 is 13.0. The van der Waals surface area contributed by atoms with Crippen molar-refractivity contribution in [3.05, 3.63) is 64.3 Å². The molecule has 1 aromatic carbocycles. The maximum absolute atomic E-state index is 12.9. The van der Waals surface area contributed by atoms with Crippen molar-refractivity contribution in [3.8, 4) is 5.75 Å². The molecule has 0 bridgehead atoms. The molecule has 0 radical (unpaired) electrons. The third-order valence-electron chi connectivity index (χ3n) is 5.96. The van der Waals surface area contributed by atoms with Crippen molar-refractivity contribution in [1.82, 2.24) is 14.8 Å². The molecule has 1 amide bonds. The number of anilines is 1. The molecule has 0 fully saturated rings. The number of esters is 1. The van der Waals surface area contributed by atoms with Gasteiger partial charge >= 0.3 is 5.97 Å². The summed E-state index contributed by atoms with van der Waals surface area (Å²) in [6.45, 7) is 8.24. The highest BCUT2D eigenvalue weighted by atomic mass is 32.2. The second kappa shape index (κ2) is 11.7. The molecule has 2 aromatic heterocycles. The van der Waals surface area contributed by atoms with Gasteiger partial charge in [0.2, 0.25) is 5.91 Å². The largest absolute Gasteiger partial charge is 0.482 e. The molecular formula is C26H30N4O4S2. The molecule has 1 unspecified atom stereocenters. The van der Waals surface area contributed by atoms with E-state index in [9.17, 15) is 9.59 Å². The van der Waals surface area contributed by atoms with Crippen LogP contribution in [0.15, 0.2) is 42.1 Å². The van der Waals surface area contributed by atoms with Crippen LogP contribution in [0, 0.1) is 6.92 Å². The number of nitrogens with zero attached hydrogens (tertiary/aromatic N) is 3. The van der Waals surface area contributed by atoms with Crippen molar-refractivity contribution in [3.63, 3.8) is 0 Å². The van der Waals surface area contributed by atoms with Crippen LogP contribution < -0.4 is 10.1 Å². The zero-order chi connectivity index (χ0) is 25.7. The average molecular weight is 527 g/mol. The third-order valence-corrected chi connectivity index (χ3v) is 8.14. The van der Waals surface area contributed by atoms with E-state index in [1.807, 2.05) is 42.7 Å². The molecule has 36 heavy (non-hydrogen) atoms. The van der Waals surface area contributed by atoms with Gasteiger partial charge in [-0.3, -0.25) is 9.36 Å². The summed E-state index contributed by atoms with van der Waals surface area (Å²) >= 11 is 2.75. The lowest BCUT2D eigenvalue weighted by Gasteiger charge is -2.17. The Hall–Kier alpha value is -3.11. The zero-order valence-corrected chi connectivity index (χ0v) is 22.3. The van der Waals surface area contributed by atoms with Crippen molar-refractivity contribution < 1.29 is 19.1 Å². The van der Waals surface area contributed by atoms with Crippen LogP contribution in [-0.2, 0) is 28.9 Å². The minimum absolute atomic E-state index is 0.117. The molecule has 3 aromatic rings. The molecular weight excluding hydrogens is 496 g/mol. The van der Waals surface area contributed by atoms with Gasteiger partial charge in [0.15, 0.2) is 17.1 Å². The molecule has 1 N–H and O–H groups in total. The normalized spacial score (nSPS) is 13.5. The first-order valence-corrected chi connectivity index (χ1v) is 13.6. The van der Waals surface area contributed by atoms with Crippen LogP contribution in [0.1, 0.15) is 58.1 Å². The summed E-state index contributed by atoms with van der Waals surface area (Å²) in [6, 6.07) is 7.81. The summed E-state index contributed by atoms with van der Waals surface area (Å²) in [5.41, 5.74) is 2.54. The SMILES string of the molecule is C=CCn1c(SCC(=O)Nc2sc3c(c2C(=O)OC)CCCC3)nnc1C(C)Oc1ccccc1C. The van der Waals surface area contributed by atoms with Gasteiger partial charge in [0.25, 0.3) is 0 Å². The minimum atomic E-state index is -0.407. The Morgan fingerprint density at radius 1 is 1.28 bits per heavy atom. The Bertz CT molecular complexity index is 1270. The highest BCUT2D eigenvalue weighted by molar-refractivity contribution is 7.99. The summed E-state index contributed by atoms with van der Waals surface area (Å²) in [7, 11) is 1.37. The van der Waals surface area contributed by atoms with Gasteiger partial charge in [0.1, 0.15) is 10.8 Å². The highest BCUT2D eigenvalue weighted by Gasteiger charge is 2.27. The Labute approximate surface area is 219 Å². The molecule has 1 aliphatic rings. The van der Waals surface area contributed by atoms with Crippen molar-refractivity contribution in [2.24, 2.45) is 0 Å². The Morgan fingerprint density at radius 3 is 2.81 bits per heavy atom. The van der Waals surface area contributed by atoms with Crippen molar-refractivity contribution in [1.29, 1.82) is 0 Å². The number of hydrogen-bond acceptors (Lipinski definition) is 8. The Balaban J connectivity index is 1.46. The molecule has 1 aliphatic carbocycles. The first-order chi connectivity index (χ1) is 17.4. The van der Waals surface area contributed by atoms with E-state index in [1.165, 1.54) is 30.2 Å². The number of allylic oxidation sites excluding steroid dienone is 1. The van der Waals surface area contributed by atoms with E-state index in [-0.39, 0.29) is 17.8 Å². The summed E-state index contributed by atoms with van der Waals surface area (Å²) in [4.78, 5) is 26.5. The molecule has 0 aliphatic heterocycles. The smallest absolute Gasteiger partial charge is 0.341 e. The molecule has 10 heteroatoms. The third kappa shape index (κ3) is 5.65. The van der Waals surface area contributed by atoms with Crippen LogP contribution >= 0.6 is 23.1 Å². The molecule has 190 valence electrons. The van der Waals surface area contributed by atoms with Crippen molar-refractivity contribution in [2.75, 3.05) is 18.2 Å². The average Bonchev–Trinajstić information content (AvgIpc) is 3.44. The number of carbonyl (C=O) groups is 2. The van der Waals surface area contributed by atoms with Gasteiger partial charge in [0, 0.05) is 11.4 Å². The molecule has 0 saturated carbocycles. The van der Waals surface area contributed by atoms with Crippen LogP contribution in [0.2, 0.25) is 0 Å². The molecule has 4 rings (SSSR count). The summed E-state index contributed by atoms with van der Waals surface area (Å²) in [6.07, 6.45) is 5.29. The van der Waals surface area contributed by atoms with E-state index in [2.05, 4.69) is 22.1 Å². The Morgan fingerprint density at radius 2 is 2.06 bits per heavy atom. The van der Waals surface area contributed by atoms with Gasteiger partial charge in [-0.25, -0.2) is 4.79 Å². The lowest BCUT2D eigenvalue weighted by atomic mass is 9.95. The first kappa shape index (κ1) is 26.0. The predicted octanol–water partition coefficient (Wildman–Crippen LogP) is 5.37. The van der Waals surface area contributed by atoms with Gasteiger partial charge < -0.3 is 14.8 Å². The van der Waals surface area contributed by atoms with Crippen LogP contribution in [0.3, 0.4) is 0 Å². The summed E-state index contributed by atoms with van der Waals surface area (Å²) in [5.74, 6) is 0.927. The van der Waals surface area contributed by atoms with Gasteiger partial charge in [0.05, 0.1) is 18.4 Å². The van der Waals surface area contributed by atoms with E-state index < -0.39 is 5.97 Å². The number of benzene rings is 1. The lowest BCUT2D eigenvalue weighted by molar-refractivity contribution is -0.113. The monoisotopic (exact) mass is 526 g/mol. The predicted molar refractivity (Wildman–Crippen MR) is 142 cm³/mol. The van der Waals surface area contributed by atoms with E-state index in [0.717, 1.165) is 47.4 Å². The van der Waals surface area contributed by atoms with E-state index in [1.54, 1.807) is 6.08 Å². The van der Waals surface area contributed by atoms with Crippen molar-refractivity contribution >= 4 is 40.0 Å². The van der Waals surface area contributed by atoms with E-state index in [0.29, 0.717) is 28.1 Å². The summed E-state index contributed by atoms with van der Waals surface area (Å²) in [5, 5.41) is 12.7. The molecule has 0 spiro atoms. The Kier molecular flexibility index (Phi) is 8.48. The zero-order valence-electron chi connectivity index (χ0n) is 20.7. The molecule has 1 atom stereocenters. The number of carbonyl (C=O) groups excluding carboxylic acids is 2. The van der Waals surface area contributed by atoms with Crippen molar-refractivity contribution in [2.45, 2.75) is 57.3 Å². The number of hydrogen-bond donors (Lipinski definition) is 1. The molecule has 0 saturated heterocycles.